The van der Waals surface area contributed by atoms with E-state index >= 15 is 0 Å². The van der Waals surface area contributed by atoms with Crippen molar-refractivity contribution in [2.75, 3.05) is 33.4 Å². The highest BCUT2D eigenvalue weighted by atomic mass is 16.5. The average molecular weight is 435 g/mol. The molecule has 1 aliphatic heterocycles. The van der Waals surface area contributed by atoms with Crippen molar-refractivity contribution in [1.29, 1.82) is 0 Å². The van der Waals surface area contributed by atoms with Crippen LogP contribution in [0, 0.1) is 0 Å². The first-order valence-corrected chi connectivity index (χ1v) is 11.9. The molecule has 1 N–H and O–H groups in total. The van der Waals surface area contributed by atoms with Crippen molar-refractivity contribution in [3.63, 3.8) is 0 Å². The highest BCUT2D eigenvalue weighted by Gasteiger charge is 2.30. The minimum absolute atomic E-state index is 0.0258. The summed E-state index contributed by atoms with van der Waals surface area (Å²) in [6.07, 6.45) is 4.73. The van der Waals surface area contributed by atoms with Crippen LogP contribution in [0.25, 0.3) is 0 Å². The van der Waals surface area contributed by atoms with E-state index in [1.165, 1.54) is 0 Å². The predicted octanol–water partition coefficient (Wildman–Crippen LogP) is 4.44. The lowest BCUT2D eigenvalue weighted by atomic mass is 9.97. The fraction of sp³-hybridized carbons (Fsp3) is 0.720. The molecule has 0 unspecified atom stereocenters. The molecule has 6 nitrogen and oxygen atoms in total. The van der Waals surface area contributed by atoms with Crippen LogP contribution in [0.15, 0.2) is 12.1 Å². The summed E-state index contributed by atoms with van der Waals surface area (Å²) in [6, 6.07) is 4.27. The summed E-state index contributed by atoms with van der Waals surface area (Å²) in [5.74, 6) is 1.44. The van der Waals surface area contributed by atoms with Crippen molar-refractivity contribution < 1.29 is 19.0 Å². The minimum Gasteiger partial charge on any atom is -0.490 e. The Morgan fingerprint density at radius 1 is 1.19 bits per heavy atom. The van der Waals surface area contributed by atoms with Gasteiger partial charge in [-0.05, 0) is 71.2 Å². The number of methoxy groups -OCH3 is 1. The lowest BCUT2D eigenvalue weighted by Gasteiger charge is -2.38. The standard InChI is InChI=1S/C25H42N2O4/c1-7-10-20-15-24(31-19(4)5)23(30-14-9-13-29-6)16-22(20)25(28)27(18(2)3)21-11-8-12-26-17-21/h15-16,18-19,21,26H,7-14,17H2,1-6H3/t21-/m1/s1. The van der Waals surface area contributed by atoms with E-state index in [-0.39, 0.29) is 24.1 Å². The highest BCUT2D eigenvalue weighted by molar-refractivity contribution is 5.97. The van der Waals surface area contributed by atoms with Crippen LogP contribution in [0.3, 0.4) is 0 Å². The maximum atomic E-state index is 13.8. The quantitative estimate of drug-likeness (QED) is 0.493. The number of ether oxygens (including phenoxy) is 3. The number of piperidine rings is 1. The summed E-state index contributed by atoms with van der Waals surface area (Å²) in [7, 11) is 1.68. The van der Waals surface area contributed by atoms with Gasteiger partial charge in [0.25, 0.3) is 5.91 Å². The van der Waals surface area contributed by atoms with E-state index in [0.717, 1.165) is 56.3 Å². The lowest BCUT2D eigenvalue weighted by molar-refractivity contribution is 0.0571. The fourth-order valence-electron chi connectivity index (χ4n) is 4.15. The van der Waals surface area contributed by atoms with Crippen LogP contribution >= 0.6 is 0 Å². The lowest BCUT2D eigenvalue weighted by Crippen LogP contribution is -2.51. The number of aryl methyl sites for hydroxylation is 1. The van der Waals surface area contributed by atoms with Gasteiger partial charge in [-0.2, -0.15) is 0 Å². The molecule has 0 aliphatic carbocycles. The Hall–Kier alpha value is -1.79. The number of benzene rings is 1. The molecule has 2 rings (SSSR count). The van der Waals surface area contributed by atoms with Crippen LogP contribution in [0.2, 0.25) is 0 Å². The van der Waals surface area contributed by atoms with Gasteiger partial charge in [-0.25, -0.2) is 0 Å². The van der Waals surface area contributed by atoms with Crippen LogP contribution in [0.4, 0.5) is 0 Å². The molecule has 1 aromatic carbocycles. The van der Waals surface area contributed by atoms with Crippen molar-refractivity contribution in [3.8, 4) is 11.5 Å². The summed E-state index contributed by atoms with van der Waals surface area (Å²) in [4.78, 5) is 15.9. The van der Waals surface area contributed by atoms with Gasteiger partial charge in [-0.1, -0.05) is 13.3 Å². The zero-order chi connectivity index (χ0) is 22.8. The van der Waals surface area contributed by atoms with E-state index in [1.54, 1.807) is 7.11 Å². The molecule has 1 aromatic rings. The summed E-state index contributed by atoms with van der Waals surface area (Å²) >= 11 is 0. The number of hydrogen-bond acceptors (Lipinski definition) is 5. The molecule has 0 radical (unpaired) electrons. The SMILES string of the molecule is CCCc1cc(OC(C)C)c(OCCCOC)cc1C(=O)N(C(C)C)[C@@H]1CCCNC1. The first kappa shape index (κ1) is 25.5. The van der Waals surface area contributed by atoms with Crippen LogP contribution < -0.4 is 14.8 Å². The van der Waals surface area contributed by atoms with E-state index in [0.29, 0.717) is 24.7 Å². The fourth-order valence-corrected chi connectivity index (χ4v) is 4.15. The number of carbonyl (C=O) groups is 1. The Bertz CT molecular complexity index is 684. The van der Waals surface area contributed by atoms with Crippen LogP contribution in [0.1, 0.15) is 76.2 Å². The molecule has 1 fully saturated rings. The van der Waals surface area contributed by atoms with Gasteiger partial charge in [-0.15, -0.1) is 0 Å². The van der Waals surface area contributed by atoms with Gasteiger partial charge < -0.3 is 24.4 Å². The first-order valence-electron chi connectivity index (χ1n) is 11.9. The third-order valence-electron chi connectivity index (χ3n) is 5.49. The van der Waals surface area contributed by atoms with E-state index in [4.69, 9.17) is 14.2 Å². The van der Waals surface area contributed by atoms with Crippen LogP contribution in [0.5, 0.6) is 11.5 Å². The van der Waals surface area contributed by atoms with E-state index < -0.39 is 0 Å². The Kier molecular flexibility index (Phi) is 10.6. The molecule has 1 atom stereocenters. The van der Waals surface area contributed by atoms with Gasteiger partial charge in [-0.3, -0.25) is 4.79 Å². The Morgan fingerprint density at radius 2 is 1.97 bits per heavy atom. The van der Waals surface area contributed by atoms with Crippen LogP contribution in [-0.2, 0) is 11.2 Å². The highest BCUT2D eigenvalue weighted by Crippen LogP contribution is 2.34. The zero-order valence-corrected chi connectivity index (χ0v) is 20.3. The molecule has 31 heavy (non-hydrogen) atoms. The van der Waals surface area contributed by atoms with E-state index in [1.807, 2.05) is 26.0 Å². The second-order valence-electron chi connectivity index (χ2n) is 8.87. The van der Waals surface area contributed by atoms with Crippen molar-refractivity contribution in [2.45, 2.75) is 84.9 Å². The number of carbonyl (C=O) groups excluding carboxylic acids is 1. The van der Waals surface area contributed by atoms with E-state index in [2.05, 4.69) is 31.0 Å². The van der Waals surface area contributed by atoms with E-state index in [9.17, 15) is 4.79 Å². The second kappa shape index (κ2) is 12.9. The van der Waals surface area contributed by atoms with Crippen molar-refractivity contribution in [1.82, 2.24) is 10.2 Å². The number of amides is 1. The Morgan fingerprint density at radius 3 is 2.55 bits per heavy atom. The summed E-state index contributed by atoms with van der Waals surface area (Å²) in [5, 5.41) is 3.45. The van der Waals surface area contributed by atoms with Gasteiger partial charge in [0.1, 0.15) is 0 Å². The molecule has 176 valence electrons. The molecule has 1 amide bonds. The molecule has 0 spiro atoms. The molecule has 1 saturated heterocycles. The normalized spacial score (nSPS) is 16.6. The molecule has 0 aromatic heterocycles. The molecule has 0 saturated carbocycles. The largest absolute Gasteiger partial charge is 0.490 e. The van der Waals surface area contributed by atoms with Gasteiger partial charge in [0, 0.05) is 44.3 Å². The summed E-state index contributed by atoms with van der Waals surface area (Å²) in [6.45, 7) is 13.4. The molecule has 0 bridgehead atoms. The van der Waals surface area contributed by atoms with Gasteiger partial charge in [0.15, 0.2) is 11.5 Å². The Labute approximate surface area is 188 Å². The topological polar surface area (TPSA) is 60.0 Å². The molecule has 6 heteroatoms. The van der Waals surface area contributed by atoms with Crippen molar-refractivity contribution in [2.24, 2.45) is 0 Å². The minimum atomic E-state index is 0.0258. The second-order valence-corrected chi connectivity index (χ2v) is 8.87. The third-order valence-corrected chi connectivity index (χ3v) is 5.49. The maximum Gasteiger partial charge on any atom is 0.254 e. The average Bonchev–Trinajstić information content (AvgIpc) is 2.72. The smallest absolute Gasteiger partial charge is 0.254 e. The third kappa shape index (κ3) is 7.39. The monoisotopic (exact) mass is 434 g/mol. The first-order chi connectivity index (χ1) is 14.9. The molecular formula is C25H42N2O4. The number of rotatable bonds is 12. The van der Waals surface area contributed by atoms with Gasteiger partial charge in [0.05, 0.1) is 12.7 Å². The van der Waals surface area contributed by atoms with Crippen molar-refractivity contribution >= 4 is 5.91 Å². The van der Waals surface area contributed by atoms with Crippen LogP contribution in [-0.4, -0.2) is 62.4 Å². The van der Waals surface area contributed by atoms with Gasteiger partial charge >= 0.3 is 0 Å². The maximum absolute atomic E-state index is 13.8. The zero-order valence-electron chi connectivity index (χ0n) is 20.3. The molecular weight excluding hydrogens is 392 g/mol. The number of nitrogens with one attached hydrogen (secondary N) is 1. The molecule has 1 aliphatic rings. The molecule has 1 heterocycles. The van der Waals surface area contributed by atoms with Crippen molar-refractivity contribution in [3.05, 3.63) is 23.3 Å². The summed E-state index contributed by atoms with van der Waals surface area (Å²) < 4.78 is 17.3. The number of hydrogen-bond donors (Lipinski definition) is 1. The van der Waals surface area contributed by atoms with Gasteiger partial charge in [0.2, 0.25) is 0 Å². The number of nitrogens with zero attached hydrogens (tertiary/aromatic N) is 1. The predicted molar refractivity (Wildman–Crippen MR) is 125 cm³/mol. The Balaban J connectivity index is 2.42. The summed E-state index contributed by atoms with van der Waals surface area (Å²) in [5.41, 5.74) is 1.76.